The number of para-hydroxylation sites is 1. The molecule has 2 aromatic heterocycles. The number of esters is 1. The number of carbonyl (C=O) groups excluding carboxylic acids is 1. The molecule has 1 aliphatic carbocycles. The first-order valence-electron chi connectivity index (χ1n) is 19.6. The number of aryl methyl sites for hydroxylation is 2. The first-order chi connectivity index (χ1) is 28.1. The van der Waals surface area contributed by atoms with Gasteiger partial charge in [0, 0.05) is 11.5 Å². The number of nitrogens with one attached hydrogen (secondary N) is 2. The number of hydrogen-bond donors (Lipinski definition) is 2. The lowest BCUT2D eigenvalue weighted by molar-refractivity contribution is -0.398. The molecule has 294 valence electrons. The number of H-pyrrole nitrogens is 2. The first-order valence-corrected chi connectivity index (χ1v) is 19.6. The molecule has 0 saturated carbocycles. The number of aromatic nitrogens is 6. The van der Waals surface area contributed by atoms with Gasteiger partial charge in [0.1, 0.15) is 17.2 Å². The SMILES string of the molecule is CCCc1nc(C)[nH]c(=O)c1C1=C(c2ccccc2)C(C)C(c2ccccc2-c2ccccc2)(C(C)C(=O)OC)C([N+](=CN(C)C)c2ccccc2)=C1c1nnn[nH]1. The highest BCUT2D eigenvalue weighted by Gasteiger charge is 2.59. The Morgan fingerprint density at radius 3 is 2.14 bits per heavy atom. The van der Waals surface area contributed by atoms with Crippen molar-refractivity contribution >= 4 is 34.7 Å². The highest BCUT2D eigenvalue weighted by molar-refractivity contribution is 6.17. The molecule has 11 nitrogen and oxygen atoms in total. The molecule has 3 unspecified atom stereocenters. The Morgan fingerprint density at radius 2 is 1.53 bits per heavy atom. The largest absolute Gasteiger partial charge is 0.469 e. The van der Waals surface area contributed by atoms with Crippen LogP contribution in [0.25, 0.3) is 27.8 Å². The van der Waals surface area contributed by atoms with Crippen molar-refractivity contribution in [3.8, 4) is 11.1 Å². The van der Waals surface area contributed by atoms with E-state index in [4.69, 9.17) is 9.72 Å². The molecule has 0 saturated heterocycles. The molecule has 58 heavy (non-hydrogen) atoms. The molecule has 4 aromatic carbocycles. The summed E-state index contributed by atoms with van der Waals surface area (Å²) in [4.78, 5) is 39.5. The van der Waals surface area contributed by atoms with Crippen LogP contribution in [0.1, 0.15) is 61.2 Å². The Labute approximate surface area is 338 Å². The number of methoxy groups -OCH3 is 1. The Balaban J connectivity index is 1.85. The van der Waals surface area contributed by atoms with Crippen LogP contribution >= 0.6 is 0 Å². The topological polar surface area (TPSA) is 133 Å². The average Bonchev–Trinajstić information content (AvgIpc) is 3.78. The minimum absolute atomic E-state index is 0.281. The Bertz CT molecular complexity index is 2560. The molecule has 2 heterocycles. The van der Waals surface area contributed by atoms with Gasteiger partial charge in [0.15, 0.2) is 5.82 Å². The highest BCUT2D eigenvalue weighted by Crippen LogP contribution is 2.62. The summed E-state index contributed by atoms with van der Waals surface area (Å²) in [5, 5.41) is 16.0. The van der Waals surface area contributed by atoms with E-state index in [2.05, 4.69) is 80.4 Å². The van der Waals surface area contributed by atoms with Crippen LogP contribution in [0.5, 0.6) is 0 Å². The monoisotopic (exact) mass is 773 g/mol. The average molecular weight is 774 g/mol. The van der Waals surface area contributed by atoms with Crippen molar-refractivity contribution in [2.75, 3.05) is 21.2 Å². The van der Waals surface area contributed by atoms with Crippen LogP contribution in [0.3, 0.4) is 0 Å². The maximum atomic E-state index is 14.8. The van der Waals surface area contributed by atoms with Gasteiger partial charge in [-0.3, -0.25) is 14.5 Å². The van der Waals surface area contributed by atoms with E-state index >= 15 is 0 Å². The molecule has 3 atom stereocenters. The van der Waals surface area contributed by atoms with E-state index in [1.165, 1.54) is 7.11 Å². The summed E-state index contributed by atoms with van der Waals surface area (Å²) in [5.74, 6) is -0.912. The van der Waals surface area contributed by atoms with Gasteiger partial charge in [-0.25, -0.2) is 14.7 Å². The standard InChI is InChI=1S/C47H48N8O3/c1-8-20-38-40(45(56)49-32(4)48-38)41-39(34-23-14-10-15-24-34)30(2)47(31(3)46(57)58-7,37-28-19-18-27-36(37)33-21-12-9-13-22-33)43(42(41)44-50-52-53-51-44)55(29-54(5)6)35-25-16-11-17-26-35/h9-19,21-31H,8,20H2,1-7H3,(H-,48,49,50,51,52,53,56)/p+1. The smallest absolute Gasteiger partial charge is 0.309 e. The summed E-state index contributed by atoms with van der Waals surface area (Å²) in [7, 11) is 5.35. The lowest BCUT2D eigenvalue weighted by Crippen LogP contribution is -2.51. The molecule has 11 heteroatoms. The predicted molar refractivity (Wildman–Crippen MR) is 228 cm³/mol. The van der Waals surface area contributed by atoms with E-state index in [1.54, 1.807) is 6.92 Å². The van der Waals surface area contributed by atoms with Crippen molar-refractivity contribution < 1.29 is 14.1 Å². The van der Waals surface area contributed by atoms with Gasteiger partial charge >= 0.3 is 5.97 Å². The zero-order chi connectivity index (χ0) is 41.0. The van der Waals surface area contributed by atoms with Gasteiger partial charge in [-0.05, 0) is 63.7 Å². The summed E-state index contributed by atoms with van der Waals surface area (Å²) in [6.07, 6.45) is 3.30. The van der Waals surface area contributed by atoms with E-state index in [0.29, 0.717) is 46.2 Å². The van der Waals surface area contributed by atoms with Crippen LogP contribution in [0.15, 0.2) is 126 Å². The van der Waals surface area contributed by atoms with Gasteiger partial charge in [0.25, 0.3) is 5.56 Å². The number of carbonyl (C=O) groups is 1. The second-order valence-electron chi connectivity index (χ2n) is 14.9. The predicted octanol–water partition coefficient (Wildman–Crippen LogP) is 7.86. The van der Waals surface area contributed by atoms with E-state index in [0.717, 1.165) is 39.9 Å². The summed E-state index contributed by atoms with van der Waals surface area (Å²) in [6.45, 7) is 7.98. The second-order valence-corrected chi connectivity index (χ2v) is 14.9. The number of rotatable bonds is 12. The minimum Gasteiger partial charge on any atom is -0.469 e. The number of tetrazole rings is 1. The molecule has 7 rings (SSSR count). The minimum atomic E-state index is -1.24. The zero-order valence-electron chi connectivity index (χ0n) is 34.0. The van der Waals surface area contributed by atoms with E-state index in [9.17, 15) is 9.59 Å². The lowest BCUT2D eigenvalue weighted by atomic mass is 9.53. The molecule has 2 N–H and O–H groups in total. The molecule has 1 aliphatic rings. The third-order valence-electron chi connectivity index (χ3n) is 11.1. The molecule has 0 fully saturated rings. The van der Waals surface area contributed by atoms with E-state index in [-0.39, 0.29) is 5.56 Å². The fourth-order valence-electron chi connectivity index (χ4n) is 8.84. The fraction of sp³-hybridized carbons (Fsp3) is 0.255. The van der Waals surface area contributed by atoms with Gasteiger partial charge in [-0.1, -0.05) is 130 Å². The summed E-state index contributed by atoms with van der Waals surface area (Å²) in [5.41, 5.74) is 6.74. The molecule has 0 aliphatic heterocycles. The number of benzene rings is 4. The molecule has 6 aromatic rings. The summed E-state index contributed by atoms with van der Waals surface area (Å²) in [6, 6.07) is 38.5. The fourth-order valence-corrected chi connectivity index (χ4v) is 8.84. The highest BCUT2D eigenvalue weighted by atomic mass is 16.5. The van der Waals surface area contributed by atoms with Gasteiger partial charge in [0.2, 0.25) is 6.34 Å². The Hall–Kier alpha value is -6.75. The van der Waals surface area contributed by atoms with Crippen molar-refractivity contribution in [2.24, 2.45) is 11.8 Å². The summed E-state index contributed by atoms with van der Waals surface area (Å²) < 4.78 is 7.87. The molecule has 0 bridgehead atoms. The lowest BCUT2D eigenvalue weighted by Gasteiger charge is -2.49. The zero-order valence-corrected chi connectivity index (χ0v) is 34.0. The van der Waals surface area contributed by atoms with E-state index in [1.807, 2.05) is 111 Å². The molecule has 0 radical (unpaired) electrons. The van der Waals surface area contributed by atoms with Crippen molar-refractivity contribution in [1.82, 2.24) is 35.5 Å². The Morgan fingerprint density at radius 1 is 0.914 bits per heavy atom. The normalized spacial score (nSPS) is 17.6. The van der Waals surface area contributed by atoms with Gasteiger partial charge in [-0.15, -0.1) is 5.10 Å². The third kappa shape index (κ3) is 6.97. The maximum Gasteiger partial charge on any atom is 0.309 e. The third-order valence-corrected chi connectivity index (χ3v) is 11.1. The van der Waals surface area contributed by atoms with Crippen LogP contribution in [-0.4, -0.2) is 73.6 Å². The number of nitrogens with zero attached hydrogens (tertiary/aromatic N) is 6. The Kier molecular flexibility index (Phi) is 11.4. The van der Waals surface area contributed by atoms with Crippen LogP contribution in [-0.2, 0) is 21.4 Å². The number of aromatic amines is 2. The number of ether oxygens (including phenoxy) is 1. The second kappa shape index (κ2) is 16.8. The van der Waals surface area contributed by atoms with Gasteiger partial charge in [0.05, 0.1) is 49.4 Å². The molecular weight excluding hydrogens is 725 g/mol. The van der Waals surface area contributed by atoms with Crippen LogP contribution in [0.4, 0.5) is 5.69 Å². The van der Waals surface area contributed by atoms with Crippen molar-refractivity contribution in [3.63, 3.8) is 0 Å². The van der Waals surface area contributed by atoms with Crippen molar-refractivity contribution in [2.45, 2.75) is 46.0 Å². The van der Waals surface area contributed by atoms with Crippen LogP contribution in [0, 0.1) is 18.8 Å². The molecule has 0 amide bonds. The van der Waals surface area contributed by atoms with Crippen molar-refractivity contribution in [1.29, 1.82) is 0 Å². The maximum absolute atomic E-state index is 14.8. The van der Waals surface area contributed by atoms with Crippen LogP contribution in [0.2, 0.25) is 0 Å². The van der Waals surface area contributed by atoms with Gasteiger partial charge < -0.3 is 9.72 Å². The number of hydrogen-bond acceptors (Lipinski definition) is 7. The first kappa shape index (κ1) is 39.5. The quantitative estimate of drug-likeness (QED) is 0.0556. The molecule has 0 spiro atoms. The molecular formula is C47H49N8O3+. The number of allylic oxidation sites excluding steroid dienone is 4. The van der Waals surface area contributed by atoms with Crippen LogP contribution < -0.4 is 5.56 Å². The van der Waals surface area contributed by atoms with E-state index < -0.39 is 23.2 Å². The van der Waals surface area contributed by atoms with Gasteiger partial charge in [-0.2, -0.15) is 0 Å². The summed E-state index contributed by atoms with van der Waals surface area (Å²) >= 11 is 0. The van der Waals surface area contributed by atoms with Crippen molar-refractivity contribution in [3.05, 3.63) is 165 Å².